The number of nitrogens with zero attached hydrogens (tertiary/aromatic N) is 4. The highest BCUT2D eigenvalue weighted by Crippen LogP contribution is 2.32. The molecule has 8 heteroatoms. The normalized spacial score (nSPS) is 23.4. The second-order valence-corrected chi connectivity index (χ2v) is 7.72. The van der Waals surface area contributed by atoms with E-state index in [1.807, 2.05) is 16.8 Å². The van der Waals surface area contributed by atoms with Crippen molar-refractivity contribution < 1.29 is 19.3 Å². The van der Waals surface area contributed by atoms with Gasteiger partial charge in [-0.2, -0.15) is 0 Å². The molecule has 8 nitrogen and oxygen atoms in total. The molecule has 2 aliphatic heterocycles. The van der Waals surface area contributed by atoms with Gasteiger partial charge in [0.2, 0.25) is 12.6 Å². The third-order valence-corrected chi connectivity index (χ3v) is 5.46. The van der Waals surface area contributed by atoms with E-state index in [2.05, 4.69) is 42.5 Å². The van der Waals surface area contributed by atoms with E-state index < -0.39 is 0 Å². The lowest BCUT2D eigenvalue weighted by Gasteiger charge is -2.34. The third-order valence-electron chi connectivity index (χ3n) is 5.46. The van der Waals surface area contributed by atoms with Crippen molar-refractivity contribution in [2.75, 3.05) is 40.0 Å². The van der Waals surface area contributed by atoms with Crippen molar-refractivity contribution in [3.8, 4) is 11.5 Å². The van der Waals surface area contributed by atoms with Gasteiger partial charge in [-0.1, -0.05) is 19.9 Å². The van der Waals surface area contributed by atoms with Gasteiger partial charge in [-0.3, -0.25) is 0 Å². The van der Waals surface area contributed by atoms with Gasteiger partial charge in [-0.15, -0.1) is 5.10 Å². The first kappa shape index (κ1) is 17.2. The van der Waals surface area contributed by atoms with E-state index in [9.17, 15) is 0 Å². The van der Waals surface area contributed by atoms with Crippen molar-refractivity contribution in [1.82, 2.24) is 20.2 Å². The maximum Gasteiger partial charge on any atom is 0.231 e. The molecule has 1 aromatic heterocycles. The maximum atomic E-state index is 5.49. The minimum atomic E-state index is 0.291. The van der Waals surface area contributed by atoms with Gasteiger partial charge in [0.05, 0.1) is 13.6 Å². The summed E-state index contributed by atoms with van der Waals surface area (Å²) in [5.41, 5.74) is 1.11. The van der Waals surface area contributed by atoms with Crippen molar-refractivity contribution in [2.24, 2.45) is 5.92 Å². The summed E-state index contributed by atoms with van der Waals surface area (Å²) in [4.78, 5) is 3.20. The van der Waals surface area contributed by atoms with Crippen LogP contribution >= 0.6 is 0 Å². The number of piperazine rings is 1. The molecule has 2 aliphatic rings. The Kier molecular flexibility index (Phi) is 4.78. The zero-order valence-corrected chi connectivity index (χ0v) is 15.7. The van der Waals surface area contributed by atoms with Crippen LogP contribution in [0.15, 0.2) is 18.2 Å². The highest BCUT2D eigenvalue weighted by Gasteiger charge is 2.35. The Morgan fingerprint density at radius 3 is 2.65 bits per heavy atom. The van der Waals surface area contributed by atoms with E-state index >= 15 is 0 Å². The lowest BCUT2D eigenvalue weighted by atomic mass is 10.0. The molecule has 4 rings (SSSR count). The van der Waals surface area contributed by atoms with Gasteiger partial charge in [-0.05, 0) is 28.1 Å². The summed E-state index contributed by atoms with van der Waals surface area (Å²) >= 11 is 0. The maximum absolute atomic E-state index is 5.49. The summed E-state index contributed by atoms with van der Waals surface area (Å²) in [7, 11) is 2.27. The molecule has 140 valence electrons. The quantitative estimate of drug-likeness (QED) is 0.684. The number of hydrogen-bond acceptors (Lipinski definition) is 5. The molecule has 0 aliphatic carbocycles. The van der Waals surface area contributed by atoms with Gasteiger partial charge in [0.1, 0.15) is 26.2 Å². The van der Waals surface area contributed by atoms with E-state index in [4.69, 9.17) is 9.47 Å². The number of likely N-dealkylation sites (N-methyl/N-ethyl adjacent to an activating group) is 1. The molecule has 1 fully saturated rings. The molecule has 1 aromatic carbocycles. The Morgan fingerprint density at radius 2 is 1.88 bits per heavy atom. The first-order chi connectivity index (χ1) is 12.6. The number of benzene rings is 1. The van der Waals surface area contributed by atoms with Crippen LogP contribution in [-0.4, -0.2) is 60.2 Å². The molecule has 2 N–H and O–H groups in total. The van der Waals surface area contributed by atoms with Gasteiger partial charge >= 0.3 is 0 Å². The summed E-state index contributed by atoms with van der Waals surface area (Å²) in [6.07, 6.45) is 0. The summed E-state index contributed by atoms with van der Waals surface area (Å²) < 4.78 is 12.8. The number of hydrogen-bond donors (Lipinski definition) is 2. The molecule has 1 atom stereocenters. The monoisotopic (exact) mass is 360 g/mol. The lowest BCUT2D eigenvalue weighted by molar-refractivity contribution is -1.02. The molecule has 2 aromatic rings. The summed E-state index contributed by atoms with van der Waals surface area (Å²) in [5, 5.41) is 12.7. The van der Waals surface area contributed by atoms with Gasteiger partial charge in [0.15, 0.2) is 17.5 Å². The van der Waals surface area contributed by atoms with Crippen LogP contribution in [0.5, 0.6) is 11.5 Å². The van der Waals surface area contributed by atoms with E-state index in [1.54, 1.807) is 9.80 Å². The fourth-order valence-corrected chi connectivity index (χ4v) is 4.02. The van der Waals surface area contributed by atoms with Gasteiger partial charge < -0.3 is 19.3 Å². The number of ether oxygens (including phenoxy) is 2. The van der Waals surface area contributed by atoms with Crippen LogP contribution in [0.25, 0.3) is 0 Å². The Hall–Kier alpha value is -2.19. The Balaban J connectivity index is 1.56. The van der Waals surface area contributed by atoms with Crippen LogP contribution in [-0.2, 0) is 6.54 Å². The highest BCUT2D eigenvalue weighted by molar-refractivity contribution is 5.44. The van der Waals surface area contributed by atoms with Crippen molar-refractivity contribution >= 4 is 0 Å². The number of aromatic nitrogens is 4. The molecule has 0 saturated carbocycles. The first-order valence-corrected chi connectivity index (χ1v) is 9.42. The smallest absolute Gasteiger partial charge is 0.231 e. The van der Waals surface area contributed by atoms with Crippen molar-refractivity contribution in [3.63, 3.8) is 0 Å². The molecular weight excluding hydrogens is 332 g/mol. The Bertz CT molecular complexity index is 754. The average molecular weight is 360 g/mol. The topological polar surface area (TPSA) is 70.9 Å². The average Bonchev–Trinajstić information content (AvgIpc) is 3.26. The van der Waals surface area contributed by atoms with E-state index in [0.717, 1.165) is 36.0 Å². The SMILES string of the molecule is CC(C)[C@H](c1nnnn1Cc1ccc2c(c1)OCO2)[NH+]1CC[NH+](C)CC1. The van der Waals surface area contributed by atoms with Crippen LogP contribution < -0.4 is 19.3 Å². The van der Waals surface area contributed by atoms with E-state index in [-0.39, 0.29) is 0 Å². The number of tetrazole rings is 1. The molecular formula is C18H28N6O2+2. The lowest BCUT2D eigenvalue weighted by Crippen LogP contribution is -3.27. The van der Waals surface area contributed by atoms with Gasteiger partial charge in [-0.25, -0.2) is 4.68 Å². The van der Waals surface area contributed by atoms with Crippen LogP contribution in [0.1, 0.15) is 31.3 Å². The molecule has 0 unspecified atom stereocenters. The first-order valence-electron chi connectivity index (χ1n) is 9.42. The predicted octanol–water partition coefficient (Wildman–Crippen LogP) is -1.44. The van der Waals surface area contributed by atoms with Crippen LogP contribution in [0.2, 0.25) is 0 Å². The zero-order chi connectivity index (χ0) is 18.1. The molecule has 0 bridgehead atoms. The molecule has 0 amide bonds. The Labute approximate surface area is 153 Å². The number of rotatable bonds is 5. The van der Waals surface area contributed by atoms with Crippen molar-refractivity contribution in [1.29, 1.82) is 0 Å². The largest absolute Gasteiger partial charge is 0.454 e. The van der Waals surface area contributed by atoms with Crippen LogP contribution in [0.3, 0.4) is 0 Å². The molecule has 1 saturated heterocycles. The fraction of sp³-hybridized carbons (Fsp3) is 0.611. The Morgan fingerprint density at radius 1 is 1.12 bits per heavy atom. The van der Waals surface area contributed by atoms with Crippen LogP contribution in [0.4, 0.5) is 0 Å². The van der Waals surface area contributed by atoms with E-state index in [1.165, 1.54) is 13.1 Å². The second-order valence-electron chi connectivity index (χ2n) is 7.72. The van der Waals surface area contributed by atoms with Gasteiger partial charge in [0.25, 0.3) is 0 Å². The second kappa shape index (κ2) is 7.20. The fourth-order valence-electron chi connectivity index (χ4n) is 4.02. The minimum Gasteiger partial charge on any atom is -0.454 e. The summed E-state index contributed by atoms with van der Waals surface area (Å²) in [5.74, 6) is 3.05. The summed E-state index contributed by atoms with van der Waals surface area (Å²) in [6, 6.07) is 6.34. The zero-order valence-electron chi connectivity index (χ0n) is 15.7. The van der Waals surface area contributed by atoms with Gasteiger partial charge in [0, 0.05) is 5.92 Å². The predicted molar refractivity (Wildman–Crippen MR) is 94.4 cm³/mol. The van der Waals surface area contributed by atoms with E-state index in [0.29, 0.717) is 25.3 Å². The standard InChI is InChI=1S/C18H26N6O2/c1-13(2)17(23-8-6-22(3)7-9-23)18-19-20-21-24(18)11-14-4-5-15-16(10-14)26-12-25-15/h4-5,10,13,17H,6-9,11-12H2,1-3H3/p+2/t17-/m1/s1. The number of fused-ring (bicyclic) bond motifs is 1. The van der Waals surface area contributed by atoms with Crippen molar-refractivity contribution in [2.45, 2.75) is 26.4 Å². The molecule has 3 heterocycles. The number of nitrogens with one attached hydrogen (secondary N) is 2. The molecule has 0 radical (unpaired) electrons. The number of quaternary nitrogens is 2. The molecule has 26 heavy (non-hydrogen) atoms. The highest BCUT2D eigenvalue weighted by atomic mass is 16.7. The molecule has 0 spiro atoms. The minimum absolute atomic E-state index is 0.291. The summed E-state index contributed by atoms with van der Waals surface area (Å²) in [6.45, 7) is 10.2. The van der Waals surface area contributed by atoms with Crippen molar-refractivity contribution in [3.05, 3.63) is 29.6 Å². The third kappa shape index (κ3) is 3.39. The van der Waals surface area contributed by atoms with Crippen LogP contribution in [0, 0.1) is 5.92 Å².